The number of nitrogens with zero attached hydrogens (tertiary/aromatic N) is 3. The van der Waals surface area contributed by atoms with Crippen molar-refractivity contribution in [1.29, 1.82) is 0 Å². The molecule has 0 unspecified atom stereocenters. The number of benzene rings is 5. The Kier molecular flexibility index (Phi) is 5.78. The molecule has 0 radical (unpaired) electrons. The molecule has 1 aromatic heterocycles. The van der Waals surface area contributed by atoms with Gasteiger partial charge < -0.3 is 4.90 Å². The number of aromatic nitrogens is 2. The van der Waals surface area contributed by atoms with Crippen LogP contribution < -0.4 is 4.90 Å². The Balaban J connectivity index is 1.40. The summed E-state index contributed by atoms with van der Waals surface area (Å²) in [6.07, 6.45) is 0. The summed E-state index contributed by atoms with van der Waals surface area (Å²) in [6, 6.07) is 48.8. The molecule has 0 bridgehead atoms. The molecule has 0 saturated carbocycles. The highest BCUT2D eigenvalue weighted by atomic mass is 15.2. The monoisotopic (exact) mass is 515 g/mol. The molecule has 1 aliphatic rings. The summed E-state index contributed by atoms with van der Waals surface area (Å²) in [5.74, 6) is 0.709. The van der Waals surface area contributed by atoms with Crippen LogP contribution in [0.2, 0.25) is 0 Å². The minimum absolute atomic E-state index is 0.0982. The van der Waals surface area contributed by atoms with Crippen LogP contribution in [-0.2, 0) is 5.41 Å². The van der Waals surface area contributed by atoms with Gasteiger partial charge in [-0.05, 0) is 41.5 Å². The summed E-state index contributed by atoms with van der Waals surface area (Å²) < 4.78 is 0. The predicted molar refractivity (Wildman–Crippen MR) is 165 cm³/mol. The fourth-order valence-electron chi connectivity index (χ4n) is 5.82. The van der Waals surface area contributed by atoms with E-state index in [4.69, 9.17) is 9.97 Å². The van der Waals surface area contributed by atoms with Crippen LogP contribution >= 0.6 is 0 Å². The first-order valence-corrected chi connectivity index (χ1v) is 13.7. The number of para-hydroxylation sites is 2. The van der Waals surface area contributed by atoms with Crippen molar-refractivity contribution in [3.63, 3.8) is 0 Å². The van der Waals surface area contributed by atoms with Gasteiger partial charge in [0.2, 0.25) is 0 Å². The number of anilines is 3. The Labute approximate surface area is 235 Å². The zero-order valence-electron chi connectivity index (χ0n) is 22.6. The van der Waals surface area contributed by atoms with Crippen LogP contribution in [0.25, 0.3) is 33.9 Å². The van der Waals surface area contributed by atoms with Crippen LogP contribution in [0.5, 0.6) is 0 Å². The first-order valence-electron chi connectivity index (χ1n) is 13.7. The van der Waals surface area contributed by atoms with Gasteiger partial charge in [-0.2, -0.15) is 0 Å². The van der Waals surface area contributed by atoms with Crippen molar-refractivity contribution in [2.45, 2.75) is 19.3 Å². The zero-order chi connectivity index (χ0) is 27.1. The van der Waals surface area contributed by atoms with E-state index in [0.717, 1.165) is 33.8 Å². The second kappa shape index (κ2) is 9.62. The molecule has 3 nitrogen and oxygen atoms in total. The van der Waals surface area contributed by atoms with Crippen molar-refractivity contribution in [2.75, 3.05) is 4.90 Å². The molecule has 0 fully saturated rings. The van der Waals surface area contributed by atoms with Gasteiger partial charge in [0.1, 0.15) is 0 Å². The average molecular weight is 516 g/mol. The van der Waals surface area contributed by atoms with Gasteiger partial charge in [0.05, 0.1) is 22.8 Å². The van der Waals surface area contributed by atoms with Crippen LogP contribution in [0.15, 0.2) is 140 Å². The van der Waals surface area contributed by atoms with Gasteiger partial charge in [0, 0.05) is 27.8 Å². The highest BCUT2D eigenvalue weighted by Gasteiger charge is 2.36. The molecule has 3 heteroatoms. The van der Waals surface area contributed by atoms with Crippen LogP contribution in [0.3, 0.4) is 0 Å². The van der Waals surface area contributed by atoms with Gasteiger partial charge >= 0.3 is 0 Å². The van der Waals surface area contributed by atoms with Crippen LogP contribution in [0.4, 0.5) is 17.1 Å². The second-order valence-corrected chi connectivity index (χ2v) is 10.7. The van der Waals surface area contributed by atoms with Crippen molar-refractivity contribution in [1.82, 2.24) is 9.97 Å². The summed E-state index contributed by atoms with van der Waals surface area (Å²) in [6.45, 7) is 4.62. The number of hydrogen-bond acceptors (Lipinski definition) is 3. The number of fused-ring (bicyclic) bond motifs is 2. The van der Waals surface area contributed by atoms with Crippen LogP contribution in [0, 0.1) is 0 Å². The summed E-state index contributed by atoms with van der Waals surface area (Å²) in [5.41, 5.74) is 10.9. The van der Waals surface area contributed by atoms with E-state index in [1.165, 1.54) is 22.5 Å². The first-order chi connectivity index (χ1) is 19.6. The Hall–Kier alpha value is -5.02. The summed E-state index contributed by atoms with van der Waals surface area (Å²) in [4.78, 5) is 12.5. The smallest absolute Gasteiger partial charge is 0.160 e. The van der Waals surface area contributed by atoms with Crippen molar-refractivity contribution >= 4 is 17.1 Å². The van der Waals surface area contributed by atoms with E-state index in [2.05, 4.69) is 122 Å². The van der Waals surface area contributed by atoms with Gasteiger partial charge in [-0.3, -0.25) is 0 Å². The van der Waals surface area contributed by atoms with Gasteiger partial charge in [-0.1, -0.05) is 123 Å². The molecule has 0 atom stereocenters. The van der Waals surface area contributed by atoms with Crippen molar-refractivity contribution in [3.05, 3.63) is 151 Å². The first kappa shape index (κ1) is 24.1. The molecule has 5 aromatic carbocycles. The standard InChI is InChI=1S/C37H29N3/c1-37(2)30-20-9-11-22-34(30)40(35-23-12-10-21-31(35)37)29-19-13-18-28(24-29)36-38-32(26-14-5-3-6-15-26)25-33(39-36)27-16-7-4-8-17-27/h3-25H,1-2H3. The Morgan fingerprint density at radius 3 is 1.50 bits per heavy atom. The molecule has 192 valence electrons. The molecule has 40 heavy (non-hydrogen) atoms. The number of hydrogen-bond donors (Lipinski definition) is 0. The Bertz CT molecular complexity index is 1720. The summed E-state index contributed by atoms with van der Waals surface area (Å²) in [5, 5.41) is 0. The van der Waals surface area contributed by atoms with Gasteiger partial charge in [0.25, 0.3) is 0 Å². The number of rotatable bonds is 4. The minimum Gasteiger partial charge on any atom is -0.310 e. The third-order valence-electron chi connectivity index (χ3n) is 7.86. The summed E-state index contributed by atoms with van der Waals surface area (Å²) >= 11 is 0. The van der Waals surface area contributed by atoms with E-state index >= 15 is 0 Å². The Morgan fingerprint density at radius 2 is 0.950 bits per heavy atom. The van der Waals surface area contributed by atoms with E-state index in [9.17, 15) is 0 Å². The highest BCUT2D eigenvalue weighted by molar-refractivity contribution is 5.87. The maximum absolute atomic E-state index is 5.07. The van der Waals surface area contributed by atoms with Crippen LogP contribution in [0.1, 0.15) is 25.0 Å². The lowest BCUT2D eigenvalue weighted by Gasteiger charge is -2.42. The lowest BCUT2D eigenvalue weighted by Crippen LogP contribution is -2.30. The van der Waals surface area contributed by atoms with Crippen LogP contribution in [-0.4, -0.2) is 9.97 Å². The molecule has 6 aromatic rings. The van der Waals surface area contributed by atoms with E-state index in [1.54, 1.807) is 0 Å². The minimum atomic E-state index is -0.0982. The average Bonchev–Trinajstić information content (AvgIpc) is 3.02. The van der Waals surface area contributed by atoms with Crippen molar-refractivity contribution in [3.8, 4) is 33.9 Å². The normalized spacial score (nSPS) is 13.4. The molecule has 0 amide bonds. The lowest BCUT2D eigenvalue weighted by atomic mass is 9.73. The fraction of sp³-hybridized carbons (Fsp3) is 0.0811. The molecule has 2 heterocycles. The molecular formula is C37H29N3. The molecule has 0 spiro atoms. The third-order valence-corrected chi connectivity index (χ3v) is 7.86. The maximum atomic E-state index is 5.07. The predicted octanol–water partition coefficient (Wildman–Crippen LogP) is 9.59. The molecule has 7 rings (SSSR count). The fourth-order valence-corrected chi connectivity index (χ4v) is 5.82. The molecule has 0 N–H and O–H groups in total. The second-order valence-electron chi connectivity index (χ2n) is 10.7. The maximum Gasteiger partial charge on any atom is 0.160 e. The van der Waals surface area contributed by atoms with E-state index in [-0.39, 0.29) is 5.41 Å². The largest absolute Gasteiger partial charge is 0.310 e. The third kappa shape index (κ3) is 4.07. The van der Waals surface area contributed by atoms with E-state index in [0.29, 0.717) is 5.82 Å². The van der Waals surface area contributed by atoms with Crippen molar-refractivity contribution < 1.29 is 0 Å². The lowest BCUT2D eigenvalue weighted by molar-refractivity contribution is 0.632. The molecule has 0 aliphatic carbocycles. The SMILES string of the molecule is CC1(C)c2ccccc2N(c2cccc(-c3nc(-c4ccccc4)cc(-c4ccccc4)n3)c2)c2ccccc21. The zero-order valence-corrected chi connectivity index (χ0v) is 22.6. The summed E-state index contributed by atoms with van der Waals surface area (Å²) in [7, 11) is 0. The van der Waals surface area contributed by atoms with E-state index in [1.807, 2.05) is 36.4 Å². The highest BCUT2D eigenvalue weighted by Crippen LogP contribution is 2.51. The van der Waals surface area contributed by atoms with Gasteiger partial charge in [0.15, 0.2) is 5.82 Å². The molecular weight excluding hydrogens is 486 g/mol. The van der Waals surface area contributed by atoms with Gasteiger partial charge in [-0.25, -0.2) is 9.97 Å². The molecule has 1 aliphatic heterocycles. The Morgan fingerprint density at radius 1 is 0.475 bits per heavy atom. The molecule has 0 saturated heterocycles. The van der Waals surface area contributed by atoms with Crippen molar-refractivity contribution in [2.24, 2.45) is 0 Å². The topological polar surface area (TPSA) is 29.0 Å². The van der Waals surface area contributed by atoms with Gasteiger partial charge in [-0.15, -0.1) is 0 Å². The van der Waals surface area contributed by atoms with E-state index < -0.39 is 0 Å². The quantitative estimate of drug-likeness (QED) is 0.234.